The zero-order valence-corrected chi connectivity index (χ0v) is 11.8. The summed E-state index contributed by atoms with van der Waals surface area (Å²) in [6.45, 7) is 4.64. The number of nitrogen functional groups attached to an aromatic ring is 1. The van der Waals surface area contributed by atoms with Crippen LogP contribution in [0.5, 0.6) is 5.88 Å². The molecule has 0 saturated heterocycles. The van der Waals surface area contributed by atoms with Gasteiger partial charge in [-0.3, -0.25) is 0 Å². The van der Waals surface area contributed by atoms with E-state index >= 15 is 0 Å². The van der Waals surface area contributed by atoms with Crippen molar-refractivity contribution in [3.63, 3.8) is 0 Å². The lowest BCUT2D eigenvalue weighted by Gasteiger charge is -2.06. The molecule has 18 heavy (non-hydrogen) atoms. The van der Waals surface area contributed by atoms with Crippen molar-refractivity contribution in [3.05, 3.63) is 21.8 Å². The highest BCUT2D eigenvalue weighted by Crippen LogP contribution is 2.25. The molecule has 2 heterocycles. The minimum Gasteiger partial charge on any atom is -0.476 e. The lowest BCUT2D eigenvalue weighted by molar-refractivity contribution is 0.296. The molecule has 0 saturated carbocycles. The van der Waals surface area contributed by atoms with E-state index in [1.54, 1.807) is 16.0 Å². The first-order chi connectivity index (χ1) is 8.63. The molecule has 2 rings (SSSR count). The van der Waals surface area contributed by atoms with Gasteiger partial charge in [0.2, 0.25) is 5.88 Å². The maximum absolute atomic E-state index is 5.99. The second-order valence-corrected chi connectivity index (χ2v) is 5.04. The quantitative estimate of drug-likeness (QED) is 0.898. The van der Waals surface area contributed by atoms with E-state index in [0.29, 0.717) is 18.2 Å². The number of nitrogens with two attached hydrogens (primary N) is 1. The highest BCUT2D eigenvalue weighted by atomic mass is 32.1. The van der Waals surface area contributed by atoms with Gasteiger partial charge < -0.3 is 10.5 Å². The van der Waals surface area contributed by atoms with Gasteiger partial charge in [-0.15, -0.1) is 11.3 Å². The van der Waals surface area contributed by atoms with Gasteiger partial charge >= 0.3 is 0 Å². The van der Waals surface area contributed by atoms with Crippen LogP contribution < -0.4 is 10.5 Å². The van der Waals surface area contributed by atoms with Gasteiger partial charge in [-0.1, -0.05) is 6.92 Å². The number of nitrogens with zero attached hydrogens (tertiary/aromatic N) is 3. The Bertz CT molecular complexity index is 532. The van der Waals surface area contributed by atoms with E-state index in [-0.39, 0.29) is 0 Å². The summed E-state index contributed by atoms with van der Waals surface area (Å²) in [6, 6.07) is 0. The molecule has 2 aromatic heterocycles. The molecule has 0 aliphatic rings. The number of ether oxygens (including phenoxy) is 1. The van der Waals surface area contributed by atoms with Crippen molar-refractivity contribution >= 4 is 17.0 Å². The normalized spacial score (nSPS) is 10.8. The SMILES string of the molecule is CCc1nn(C)c(OCCc2scnc2C)c1N. The Labute approximate surface area is 111 Å². The van der Waals surface area contributed by atoms with Crippen LogP contribution >= 0.6 is 11.3 Å². The summed E-state index contributed by atoms with van der Waals surface area (Å²) in [4.78, 5) is 5.47. The Morgan fingerprint density at radius 3 is 2.83 bits per heavy atom. The van der Waals surface area contributed by atoms with Crippen LogP contribution in [0.4, 0.5) is 5.69 Å². The smallest absolute Gasteiger partial charge is 0.235 e. The molecule has 0 radical (unpaired) electrons. The fraction of sp³-hybridized carbons (Fsp3) is 0.500. The van der Waals surface area contributed by atoms with E-state index in [1.807, 2.05) is 26.4 Å². The summed E-state index contributed by atoms with van der Waals surface area (Å²) in [7, 11) is 1.85. The molecule has 0 aliphatic heterocycles. The van der Waals surface area contributed by atoms with Gasteiger partial charge in [-0.25, -0.2) is 9.67 Å². The Kier molecular flexibility index (Phi) is 3.86. The zero-order chi connectivity index (χ0) is 13.1. The van der Waals surface area contributed by atoms with E-state index < -0.39 is 0 Å². The highest BCUT2D eigenvalue weighted by Gasteiger charge is 2.13. The van der Waals surface area contributed by atoms with E-state index in [9.17, 15) is 0 Å². The predicted octanol–water partition coefficient (Wildman–Crippen LogP) is 1.95. The molecule has 0 fully saturated rings. The van der Waals surface area contributed by atoms with Crippen LogP contribution in [0.2, 0.25) is 0 Å². The monoisotopic (exact) mass is 266 g/mol. The molecular weight excluding hydrogens is 248 g/mol. The van der Waals surface area contributed by atoms with Crippen LogP contribution in [-0.4, -0.2) is 21.4 Å². The second-order valence-electron chi connectivity index (χ2n) is 4.10. The molecule has 0 aliphatic carbocycles. The first-order valence-electron chi connectivity index (χ1n) is 5.96. The number of aromatic nitrogens is 3. The summed E-state index contributed by atoms with van der Waals surface area (Å²) < 4.78 is 7.43. The third-order valence-electron chi connectivity index (χ3n) is 2.85. The van der Waals surface area contributed by atoms with E-state index in [1.165, 1.54) is 4.88 Å². The third kappa shape index (κ3) is 2.48. The van der Waals surface area contributed by atoms with Crippen molar-refractivity contribution in [2.75, 3.05) is 12.3 Å². The fourth-order valence-electron chi connectivity index (χ4n) is 1.82. The number of thiazole rings is 1. The Morgan fingerprint density at radius 1 is 1.50 bits per heavy atom. The van der Waals surface area contributed by atoms with Crippen LogP contribution in [0, 0.1) is 6.92 Å². The lowest BCUT2D eigenvalue weighted by atomic mass is 10.3. The summed E-state index contributed by atoms with van der Waals surface area (Å²) in [5, 5.41) is 4.32. The zero-order valence-electron chi connectivity index (χ0n) is 10.9. The summed E-state index contributed by atoms with van der Waals surface area (Å²) in [5.41, 5.74) is 10.5. The number of aryl methyl sites for hydroxylation is 3. The van der Waals surface area contributed by atoms with Crippen molar-refractivity contribution < 1.29 is 4.74 Å². The van der Waals surface area contributed by atoms with Gasteiger partial charge in [0, 0.05) is 18.3 Å². The van der Waals surface area contributed by atoms with Crippen molar-refractivity contribution in [2.24, 2.45) is 7.05 Å². The van der Waals surface area contributed by atoms with Crippen LogP contribution in [0.3, 0.4) is 0 Å². The van der Waals surface area contributed by atoms with Crippen LogP contribution in [0.25, 0.3) is 0 Å². The maximum atomic E-state index is 5.99. The number of anilines is 1. The maximum Gasteiger partial charge on any atom is 0.235 e. The number of rotatable bonds is 5. The molecule has 0 unspecified atom stereocenters. The van der Waals surface area contributed by atoms with Crippen LogP contribution in [0.1, 0.15) is 23.2 Å². The highest BCUT2D eigenvalue weighted by molar-refractivity contribution is 7.09. The molecule has 0 aromatic carbocycles. The molecule has 2 aromatic rings. The first-order valence-corrected chi connectivity index (χ1v) is 6.84. The van der Waals surface area contributed by atoms with Crippen molar-refractivity contribution in [3.8, 4) is 5.88 Å². The molecular formula is C12H18N4OS. The first kappa shape index (κ1) is 12.9. The van der Waals surface area contributed by atoms with Gasteiger partial charge in [-0.05, 0) is 13.3 Å². The fourth-order valence-corrected chi connectivity index (χ4v) is 2.58. The molecule has 98 valence electrons. The van der Waals surface area contributed by atoms with Crippen molar-refractivity contribution in [1.29, 1.82) is 0 Å². The molecule has 0 spiro atoms. The van der Waals surface area contributed by atoms with Crippen molar-refractivity contribution in [2.45, 2.75) is 26.7 Å². The molecule has 0 amide bonds. The summed E-state index contributed by atoms with van der Waals surface area (Å²) in [6.07, 6.45) is 1.67. The van der Waals surface area contributed by atoms with E-state index in [0.717, 1.165) is 24.2 Å². The summed E-state index contributed by atoms with van der Waals surface area (Å²) >= 11 is 1.66. The lowest BCUT2D eigenvalue weighted by Crippen LogP contribution is -2.06. The number of hydrogen-bond acceptors (Lipinski definition) is 5. The molecule has 6 heteroatoms. The van der Waals surface area contributed by atoms with E-state index in [4.69, 9.17) is 10.5 Å². The van der Waals surface area contributed by atoms with E-state index in [2.05, 4.69) is 10.1 Å². The predicted molar refractivity (Wildman–Crippen MR) is 73.0 cm³/mol. The van der Waals surface area contributed by atoms with Gasteiger partial charge in [-0.2, -0.15) is 5.10 Å². The Balaban J connectivity index is 1.98. The molecule has 5 nitrogen and oxygen atoms in total. The second kappa shape index (κ2) is 5.39. The van der Waals surface area contributed by atoms with Crippen LogP contribution in [0.15, 0.2) is 5.51 Å². The Morgan fingerprint density at radius 2 is 2.28 bits per heavy atom. The number of hydrogen-bond donors (Lipinski definition) is 1. The minimum atomic E-state index is 0.593. The molecule has 0 bridgehead atoms. The third-order valence-corrected chi connectivity index (χ3v) is 3.85. The molecule has 2 N–H and O–H groups in total. The van der Waals surface area contributed by atoms with Gasteiger partial charge in [0.25, 0.3) is 0 Å². The van der Waals surface area contributed by atoms with Crippen LogP contribution in [-0.2, 0) is 19.9 Å². The van der Waals surface area contributed by atoms with Crippen molar-refractivity contribution in [1.82, 2.24) is 14.8 Å². The standard InChI is InChI=1S/C12H18N4OS/c1-4-9-11(13)12(16(3)15-9)17-6-5-10-8(2)14-7-18-10/h7H,4-6,13H2,1-3H3. The van der Waals surface area contributed by atoms with Gasteiger partial charge in [0.1, 0.15) is 5.69 Å². The Hall–Kier alpha value is -1.56. The average Bonchev–Trinajstić information content (AvgIpc) is 2.87. The summed E-state index contributed by atoms with van der Waals surface area (Å²) in [5.74, 6) is 0.661. The largest absolute Gasteiger partial charge is 0.476 e. The van der Waals surface area contributed by atoms with Gasteiger partial charge in [0.05, 0.1) is 23.5 Å². The minimum absolute atomic E-state index is 0.593. The topological polar surface area (TPSA) is 66.0 Å². The molecule has 0 atom stereocenters. The average molecular weight is 266 g/mol. The van der Waals surface area contributed by atoms with Gasteiger partial charge in [0.15, 0.2) is 0 Å².